The number of hydrogen-bond donors (Lipinski definition) is 3. The van der Waals surface area contributed by atoms with Crippen molar-refractivity contribution in [2.24, 2.45) is 0 Å². The molecule has 0 aliphatic heterocycles. The van der Waals surface area contributed by atoms with Crippen LogP contribution in [0.2, 0.25) is 0 Å². The van der Waals surface area contributed by atoms with Crippen LogP contribution >= 0.6 is 11.8 Å². The fraction of sp³-hybridized carbons (Fsp3) is 0.462. The molecule has 1 amide bonds. The average molecular weight is 269 g/mol. The van der Waals surface area contributed by atoms with Crippen molar-refractivity contribution in [2.45, 2.75) is 18.9 Å². The predicted molar refractivity (Wildman–Crippen MR) is 73.8 cm³/mol. The molecule has 18 heavy (non-hydrogen) atoms. The Morgan fingerprint density at radius 2 is 2.00 bits per heavy atom. The number of rotatable bonds is 6. The van der Waals surface area contributed by atoms with Gasteiger partial charge < -0.3 is 15.5 Å². The number of phenols is 1. The minimum absolute atomic E-state index is 0.137. The molecule has 0 bridgehead atoms. The monoisotopic (exact) mass is 269 g/mol. The summed E-state index contributed by atoms with van der Waals surface area (Å²) < 4.78 is 0. The van der Waals surface area contributed by atoms with Gasteiger partial charge in [-0.15, -0.1) is 0 Å². The first-order valence-corrected chi connectivity index (χ1v) is 7.08. The zero-order chi connectivity index (χ0) is 13.6. The van der Waals surface area contributed by atoms with E-state index in [1.54, 1.807) is 31.2 Å². The summed E-state index contributed by atoms with van der Waals surface area (Å²) in [6.45, 7) is 1.94. The highest BCUT2D eigenvalue weighted by molar-refractivity contribution is 7.98. The molecule has 4 nitrogen and oxygen atoms in total. The largest absolute Gasteiger partial charge is 0.508 e. The second kappa shape index (κ2) is 6.66. The van der Waals surface area contributed by atoms with E-state index in [0.29, 0.717) is 5.75 Å². The summed E-state index contributed by atoms with van der Waals surface area (Å²) in [6, 6.07) is 6.50. The number of carbonyl (C=O) groups excluding carboxylic acids is 1. The second-order valence-electron chi connectivity index (χ2n) is 4.55. The molecule has 1 rings (SSSR count). The topological polar surface area (TPSA) is 69.6 Å². The van der Waals surface area contributed by atoms with Crippen molar-refractivity contribution in [3.8, 4) is 5.75 Å². The first-order chi connectivity index (χ1) is 8.43. The highest BCUT2D eigenvalue weighted by Crippen LogP contribution is 2.11. The van der Waals surface area contributed by atoms with E-state index in [-0.39, 0.29) is 24.6 Å². The number of aliphatic hydroxyl groups is 1. The third-order valence-corrected chi connectivity index (χ3v) is 3.33. The van der Waals surface area contributed by atoms with E-state index in [4.69, 9.17) is 5.11 Å². The minimum Gasteiger partial charge on any atom is -0.508 e. The molecule has 5 heteroatoms. The van der Waals surface area contributed by atoms with E-state index in [0.717, 1.165) is 5.56 Å². The van der Waals surface area contributed by atoms with Gasteiger partial charge in [-0.3, -0.25) is 4.79 Å². The van der Waals surface area contributed by atoms with Gasteiger partial charge in [-0.05, 0) is 30.9 Å². The van der Waals surface area contributed by atoms with Crippen LogP contribution in [-0.4, -0.2) is 40.3 Å². The predicted octanol–water partition coefficient (Wildman–Crippen LogP) is 1.16. The van der Waals surface area contributed by atoms with Gasteiger partial charge in [0.25, 0.3) is 0 Å². The Bertz CT molecular complexity index is 390. The molecule has 1 aromatic rings. The molecule has 1 unspecified atom stereocenters. The third-order valence-electron chi connectivity index (χ3n) is 2.42. The van der Waals surface area contributed by atoms with Crippen LogP contribution in [-0.2, 0) is 11.2 Å². The number of carbonyl (C=O) groups is 1. The number of nitrogens with one attached hydrogen (secondary N) is 1. The number of amides is 1. The zero-order valence-corrected chi connectivity index (χ0v) is 11.5. The summed E-state index contributed by atoms with van der Waals surface area (Å²) in [5, 5.41) is 21.7. The summed E-state index contributed by atoms with van der Waals surface area (Å²) >= 11 is 1.54. The zero-order valence-electron chi connectivity index (χ0n) is 10.6. The van der Waals surface area contributed by atoms with Gasteiger partial charge in [0.05, 0.1) is 12.0 Å². The van der Waals surface area contributed by atoms with Crippen molar-refractivity contribution < 1.29 is 15.0 Å². The Balaban J connectivity index is 2.40. The Morgan fingerprint density at radius 3 is 2.56 bits per heavy atom. The maximum atomic E-state index is 11.7. The summed E-state index contributed by atoms with van der Waals surface area (Å²) in [6.07, 6.45) is 2.16. The van der Waals surface area contributed by atoms with Crippen molar-refractivity contribution in [1.82, 2.24) is 5.32 Å². The first-order valence-electron chi connectivity index (χ1n) is 5.69. The van der Waals surface area contributed by atoms with Gasteiger partial charge in [-0.1, -0.05) is 12.1 Å². The Labute approximate surface area is 111 Å². The molecule has 1 atom stereocenters. The van der Waals surface area contributed by atoms with Crippen molar-refractivity contribution >= 4 is 17.7 Å². The van der Waals surface area contributed by atoms with E-state index >= 15 is 0 Å². The maximum Gasteiger partial charge on any atom is 0.224 e. The molecule has 0 aliphatic rings. The van der Waals surface area contributed by atoms with Gasteiger partial charge in [0.2, 0.25) is 5.91 Å². The molecule has 0 saturated carbocycles. The van der Waals surface area contributed by atoms with E-state index in [1.807, 2.05) is 6.26 Å². The van der Waals surface area contributed by atoms with E-state index < -0.39 is 5.60 Å². The van der Waals surface area contributed by atoms with Crippen molar-refractivity contribution in [2.75, 3.05) is 18.6 Å². The lowest BCUT2D eigenvalue weighted by Crippen LogP contribution is -2.42. The number of hydrogen-bond acceptors (Lipinski definition) is 4. The summed E-state index contributed by atoms with van der Waals surface area (Å²) in [5.74, 6) is 0.621. The Kier molecular flexibility index (Phi) is 5.50. The standard InChI is InChI=1S/C13H19NO3S/c1-13(17,9-18-2)8-14-12(16)7-10-3-5-11(15)6-4-10/h3-6,15,17H,7-9H2,1-2H3,(H,14,16). The normalized spacial score (nSPS) is 13.9. The van der Waals surface area contributed by atoms with Crippen LogP contribution in [0, 0.1) is 0 Å². The summed E-state index contributed by atoms with van der Waals surface area (Å²) in [4.78, 5) is 11.7. The Hall–Kier alpha value is -1.20. The minimum atomic E-state index is -0.885. The van der Waals surface area contributed by atoms with E-state index in [2.05, 4.69) is 5.32 Å². The van der Waals surface area contributed by atoms with Crippen LogP contribution < -0.4 is 5.32 Å². The van der Waals surface area contributed by atoms with Crippen LogP contribution in [0.1, 0.15) is 12.5 Å². The van der Waals surface area contributed by atoms with Crippen molar-refractivity contribution in [3.05, 3.63) is 29.8 Å². The lowest BCUT2D eigenvalue weighted by atomic mass is 10.1. The van der Waals surface area contributed by atoms with Crippen molar-refractivity contribution in [3.63, 3.8) is 0 Å². The lowest BCUT2D eigenvalue weighted by molar-refractivity contribution is -0.121. The van der Waals surface area contributed by atoms with Gasteiger partial charge in [0.1, 0.15) is 5.75 Å². The van der Waals surface area contributed by atoms with E-state index in [1.165, 1.54) is 11.8 Å². The molecule has 0 fully saturated rings. The molecule has 100 valence electrons. The highest BCUT2D eigenvalue weighted by atomic mass is 32.2. The molecule has 0 heterocycles. The number of thioether (sulfide) groups is 1. The molecule has 0 saturated heterocycles. The van der Waals surface area contributed by atoms with Gasteiger partial charge in [0.15, 0.2) is 0 Å². The fourth-order valence-electron chi connectivity index (χ4n) is 1.51. The lowest BCUT2D eigenvalue weighted by Gasteiger charge is -2.22. The van der Waals surface area contributed by atoms with Gasteiger partial charge in [-0.2, -0.15) is 11.8 Å². The van der Waals surface area contributed by atoms with Crippen LogP contribution in [0.25, 0.3) is 0 Å². The molecular weight excluding hydrogens is 250 g/mol. The van der Waals surface area contributed by atoms with Gasteiger partial charge >= 0.3 is 0 Å². The molecular formula is C13H19NO3S. The molecule has 3 N–H and O–H groups in total. The molecule has 0 spiro atoms. The second-order valence-corrected chi connectivity index (χ2v) is 5.42. The quantitative estimate of drug-likeness (QED) is 0.725. The van der Waals surface area contributed by atoms with Gasteiger partial charge in [0, 0.05) is 12.3 Å². The maximum absolute atomic E-state index is 11.7. The third kappa shape index (κ3) is 5.42. The summed E-state index contributed by atoms with van der Waals surface area (Å²) in [7, 11) is 0. The Morgan fingerprint density at radius 1 is 1.39 bits per heavy atom. The van der Waals surface area contributed by atoms with Crippen LogP contribution in [0.5, 0.6) is 5.75 Å². The first kappa shape index (κ1) is 14.9. The highest BCUT2D eigenvalue weighted by Gasteiger charge is 2.20. The van der Waals surface area contributed by atoms with Crippen LogP contribution in [0.4, 0.5) is 0 Å². The molecule has 1 aromatic carbocycles. The fourth-order valence-corrected chi connectivity index (χ4v) is 2.24. The number of phenolic OH excluding ortho intramolecular Hbond substituents is 1. The van der Waals surface area contributed by atoms with E-state index in [9.17, 15) is 9.90 Å². The SMILES string of the molecule is CSCC(C)(O)CNC(=O)Cc1ccc(O)cc1. The average Bonchev–Trinajstić information content (AvgIpc) is 2.30. The van der Waals surface area contributed by atoms with Crippen molar-refractivity contribution in [1.29, 1.82) is 0 Å². The molecule has 0 aliphatic carbocycles. The van der Waals surface area contributed by atoms with Crippen LogP contribution in [0.15, 0.2) is 24.3 Å². The van der Waals surface area contributed by atoms with Crippen LogP contribution in [0.3, 0.4) is 0 Å². The smallest absolute Gasteiger partial charge is 0.224 e. The molecule has 0 aromatic heterocycles. The molecule has 0 radical (unpaired) electrons. The number of aromatic hydroxyl groups is 1. The number of benzene rings is 1. The summed E-state index contributed by atoms with van der Waals surface area (Å²) in [5.41, 5.74) is -0.0564. The van der Waals surface area contributed by atoms with Gasteiger partial charge in [-0.25, -0.2) is 0 Å².